The average Bonchev–Trinajstić information content (AvgIpc) is 2.31. The van der Waals surface area contributed by atoms with Gasteiger partial charge in [-0.05, 0) is 6.92 Å². The molecule has 0 aromatic carbocycles. The molecule has 0 atom stereocenters. The highest BCUT2D eigenvalue weighted by Crippen LogP contribution is 2.21. The Labute approximate surface area is 68.4 Å². The molecule has 54 valence electrons. The molecule has 0 amide bonds. The van der Waals surface area contributed by atoms with Crippen molar-refractivity contribution < 1.29 is 0 Å². The molecule has 2 nitrogen and oxygen atoms in total. The predicted octanol–water partition coefficient (Wildman–Crippen LogP) is 2.12. The molecule has 0 saturated carbocycles. The summed E-state index contributed by atoms with van der Waals surface area (Å²) in [4.78, 5) is 0. The van der Waals surface area contributed by atoms with Crippen LogP contribution in [0.25, 0.3) is 0 Å². The van der Waals surface area contributed by atoms with Gasteiger partial charge in [0.05, 0.1) is 0 Å². The van der Waals surface area contributed by atoms with Crippen molar-refractivity contribution in [2.75, 3.05) is 5.75 Å². The first-order valence-electron chi connectivity index (χ1n) is 2.86. The summed E-state index contributed by atoms with van der Waals surface area (Å²) in [7, 11) is 0. The molecule has 1 heterocycles. The fraction of sp³-hybridized carbons (Fsp3) is 0.333. The molecule has 0 fully saturated rings. The summed E-state index contributed by atoms with van der Waals surface area (Å²) in [6.45, 7) is 5.57. The molecule has 0 spiro atoms. The lowest BCUT2D eigenvalue weighted by atomic mass is 10.8. The summed E-state index contributed by atoms with van der Waals surface area (Å²) in [6, 6.07) is 0. The minimum atomic E-state index is 0.911. The van der Waals surface area contributed by atoms with Crippen molar-refractivity contribution in [2.45, 2.75) is 11.3 Å². The van der Waals surface area contributed by atoms with Crippen LogP contribution in [0, 0.1) is 6.92 Å². The number of aromatic nitrogens is 2. The zero-order valence-electron chi connectivity index (χ0n) is 5.70. The Morgan fingerprint density at radius 3 is 3.00 bits per heavy atom. The van der Waals surface area contributed by atoms with Gasteiger partial charge in [0.15, 0.2) is 4.34 Å². The lowest BCUT2D eigenvalue weighted by Crippen LogP contribution is -1.71. The minimum Gasteiger partial charge on any atom is -0.143 e. The molecule has 0 radical (unpaired) electrons. The van der Waals surface area contributed by atoms with Gasteiger partial charge in [0.1, 0.15) is 5.01 Å². The molecular weight excluding hydrogens is 164 g/mol. The first-order chi connectivity index (χ1) is 4.83. The van der Waals surface area contributed by atoms with E-state index in [2.05, 4.69) is 16.8 Å². The van der Waals surface area contributed by atoms with Gasteiger partial charge in [-0.1, -0.05) is 29.2 Å². The van der Waals surface area contributed by atoms with Crippen molar-refractivity contribution in [1.29, 1.82) is 0 Å². The lowest BCUT2D eigenvalue weighted by Gasteiger charge is -1.84. The van der Waals surface area contributed by atoms with Crippen molar-refractivity contribution in [3.8, 4) is 0 Å². The zero-order chi connectivity index (χ0) is 7.40. The van der Waals surface area contributed by atoms with E-state index in [1.165, 1.54) is 0 Å². The SMILES string of the molecule is C=CCSc1nnc(C)s1. The summed E-state index contributed by atoms with van der Waals surface area (Å²) in [5, 5.41) is 8.84. The fourth-order valence-corrected chi connectivity index (χ4v) is 2.04. The van der Waals surface area contributed by atoms with Gasteiger partial charge in [-0.2, -0.15) is 0 Å². The molecule has 1 aromatic heterocycles. The van der Waals surface area contributed by atoms with Crippen LogP contribution in [0.5, 0.6) is 0 Å². The number of nitrogens with zero attached hydrogens (tertiary/aromatic N) is 2. The van der Waals surface area contributed by atoms with Crippen molar-refractivity contribution in [3.63, 3.8) is 0 Å². The Kier molecular flexibility index (Phi) is 2.89. The van der Waals surface area contributed by atoms with Crippen molar-refractivity contribution in [2.24, 2.45) is 0 Å². The maximum atomic E-state index is 3.94. The average molecular weight is 172 g/mol. The summed E-state index contributed by atoms with van der Waals surface area (Å²) in [6.07, 6.45) is 1.86. The second kappa shape index (κ2) is 3.73. The number of hydrogen-bond acceptors (Lipinski definition) is 4. The first-order valence-corrected chi connectivity index (χ1v) is 4.67. The van der Waals surface area contributed by atoms with Crippen LogP contribution in [-0.2, 0) is 0 Å². The molecule has 1 rings (SSSR count). The van der Waals surface area contributed by atoms with E-state index in [0.29, 0.717) is 0 Å². The maximum absolute atomic E-state index is 3.94. The summed E-state index contributed by atoms with van der Waals surface area (Å²) in [5.41, 5.74) is 0. The zero-order valence-corrected chi connectivity index (χ0v) is 7.34. The number of thioether (sulfide) groups is 1. The summed E-state index contributed by atoms with van der Waals surface area (Å²) in [5.74, 6) is 0.911. The van der Waals surface area contributed by atoms with Gasteiger partial charge in [-0.15, -0.1) is 16.8 Å². The van der Waals surface area contributed by atoms with Gasteiger partial charge in [0.25, 0.3) is 0 Å². The monoisotopic (exact) mass is 172 g/mol. The van der Waals surface area contributed by atoms with E-state index < -0.39 is 0 Å². The van der Waals surface area contributed by atoms with Gasteiger partial charge < -0.3 is 0 Å². The van der Waals surface area contributed by atoms with E-state index in [0.717, 1.165) is 15.1 Å². The van der Waals surface area contributed by atoms with Crippen molar-refractivity contribution in [3.05, 3.63) is 17.7 Å². The maximum Gasteiger partial charge on any atom is 0.174 e. The van der Waals surface area contributed by atoms with Crippen LogP contribution in [0.4, 0.5) is 0 Å². The number of hydrogen-bond donors (Lipinski definition) is 0. The molecule has 0 unspecified atom stereocenters. The van der Waals surface area contributed by atoms with Crippen molar-refractivity contribution in [1.82, 2.24) is 10.2 Å². The van der Waals surface area contributed by atoms with E-state index in [1.807, 2.05) is 13.0 Å². The summed E-state index contributed by atoms with van der Waals surface area (Å²) >= 11 is 3.29. The molecule has 0 aliphatic rings. The van der Waals surface area contributed by atoms with Crippen LogP contribution in [-0.4, -0.2) is 16.0 Å². The molecule has 10 heavy (non-hydrogen) atoms. The van der Waals surface area contributed by atoms with E-state index in [1.54, 1.807) is 23.1 Å². The predicted molar refractivity (Wildman–Crippen MR) is 45.6 cm³/mol. The van der Waals surface area contributed by atoms with E-state index in [4.69, 9.17) is 0 Å². The highest BCUT2D eigenvalue weighted by Gasteiger charge is 1.97. The molecule has 0 saturated heterocycles. The lowest BCUT2D eigenvalue weighted by molar-refractivity contribution is 0.985. The minimum absolute atomic E-state index is 0.911. The van der Waals surface area contributed by atoms with E-state index >= 15 is 0 Å². The standard InChI is InChI=1S/C6H8N2S2/c1-3-4-9-6-8-7-5(2)10-6/h3H,1,4H2,2H3. The first kappa shape index (κ1) is 7.75. The number of rotatable bonds is 3. The smallest absolute Gasteiger partial charge is 0.143 e. The van der Waals surface area contributed by atoms with Crippen LogP contribution >= 0.6 is 23.1 Å². The van der Waals surface area contributed by atoms with E-state index in [-0.39, 0.29) is 0 Å². The molecule has 1 aromatic rings. The Morgan fingerprint density at radius 2 is 2.50 bits per heavy atom. The highest BCUT2D eigenvalue weighted by atomic mass is 32.2. The summed E-state index contributed by atoms with van der Waals surface area (Å²) < 4.78 is 1.03. The topological polar surface area (TPSA) is 25.8 Å². The molecule has 4 heteroatoms. The third-order valence-electron chi connectivity index (χ3n) is 0.832. The van der Waals surface area contributed by atoms with Crippen LogP contribution in [0.1, 0.15) is 5.01 Å². The molecule has 0 N–H and O–H groups in total. The Balaban J connectivity index is 2.49. The second-order valence-corrected chi connectivity index (χ2v) is 4.14. The molecule has 0 aliphatic heterocycles. The van der Waals surface area contributed by atoms with Gasteiger partial charge in [0.2, 0.25) is 0 Å². The van der Waals surface area contributed by atoms with Gasteiger partial charge in [-0.25, -0.2) is 0 Å². The molecule has 0 aliphatic carbocycles. The van der Waals surface area contributed by atoms with Gasteiger partial charge in [-0.3, -0.25) is 0 Å². The third kappa shape index (κ3) is 2.11. The quantitative estimate of drug-likeness (QED) is 0.516. The fourth-order valence-electron chi connectivity index (χ4n) is 0.467. The molecule has 0 bridgehead atoms. The largest absolute Gasteiger partial charge is 0.174 e. The van der Waals surface area contributed by atoms with Gasteiger partial charge >= 0.3 is 0 Å². The van der Waals surface area contributed by atoms with E-state index in [9.17, 15) is 0 Å². The van der Waals surface area contributed by atoms with Crippen molar-refractivity contribution >= 4 is 23.1 Å². The van der Waals surface area contributed by atoms with Crippen LogP contribution < -0.4 is 0 Å². The van der Waals surface area contributed by atoms with Crippen LogP contribution in [0.3, 0.4) is 0 Å². The Hall–Kier alpha value is -0.350. The van der Waals surface area contributed by atoms with Gasteiger partial charge in [0, 0.05) is 5.75 Å². The normalized spacial score (nSPS) is 9.70. The second-order valence-electron chi connectivity index (χ2n) is 1.69. The Morgan fingerprint density at radius 1 is 1.70 bits per heavy atom. The van der Waals surface area contributed by atoms with Crippen LogP contribution in [0.15, 0.2) is 17.0 Å². The highest BCUT2D eigenvalue weighted by molar-refractivity contribution is 8.01. The number of aryl methyl sites for hydroxylation is 1. The third-order valence-corrected chi connectivity index (χ3v) is 2.80. The van der Waals surface area contributed by atoms with Crippen LogP contribution in [0.2, 0.25) is 0 Å². The molecular formula is C6H8N2S2. The Bertz CT molecular complexity index is 219.